The first-order valence-electron chi connectivity index (χ1n) is 8.29. The molecular weight excluding hydrogens is 371 g/mol. The molecule has 1 heterocycles. The number of aromatic nitrogens is 2. The third kappa shape index (κ3) is 5.50. The zero-order valence-corrected chi connectivity index (χ0v) is 14.9. The Hall–Kier alpha value is -3.49. The number of hydrogen-bond acceptors (Lipinski definition) is 3. The van der Waals surface area contributed by atoms with E-state index in [1.165, 1.54) is 24.3 Å². The molecule has 0 atom stereocenters. The molecule has 1 aromatic heterocycles. The van der Waals surface area contributed by atoms with Crippen LogP contribution >= 0.6 is 0 Å². The molecule has 0 bridgehead atoms. The van der Waals surface area contributed by atoms with Crippen molar-refractivity contribution < 1.29 is 17.9 Å². The SMILES string of the molecule is Cn1cc(-c2cccc(CN=C(N)Nc3ccc(OC(F)(F)F)cc3)c2)cn1. The third-order valence-corrected chi connectivity index (χ3v) is 3.76. The molecular formula is C19H18F3N5O. The smallest absolute Gasteiger partial charge is 0.406 e. The number of alkyl halides is 3. The van der Waals surface area contributed by atoms with Gasteiger partial charge in [-0.2, -0.15) is 5.10 Å². The molecule has 6 nitrogen and oxygen atoms in total. The monoisotopic (exact) mass is 389 g/mol. The first-order chi connectivity index (χ1) is 13.3. The molecule has 3 rings (SSSR count). The number of halogens is 3. The van der Waals surface area contributed by atoms with Crippen molar-refractivity contribution in [2.24, 2.45) is 17.8 Å². The highest BCUT2D eigenvalue weighted by Crippen LogP contribution is 2.24. The molecule has 0 spiro atoms. The number of anilines is 1. The second-order valence-electron chi connectivity index (χ2n) is 6.00. The Labute approximate surface area is 159 Å². The van der Waals surface area contributed by atoms with Gasteiger partial charge in [-0.05, 0) is 41.5 Å². The van der Waals surface area contributed by atoms with E-state index in [2.05, 4.69) is 20.1 Å². The quantitative estimate of drug-likeness (QED) is 0.512. The Bertz CT molecular complexity index is 964. The zero-order chi connectivity index (χ0) is 20.1. The Morgan fingerprint density at radius 3 is 2.57 bits per heavy atom. The van der Waals surface area contributed by atoms with E-state index in [-0.39, 0.29) is 11.7 Å². The molecule has 0 amide bonds. The zero-order valence-electron chi connectivity index (χ0n) is 14.9. The highest BCUT2D eigenvalue weighted by atomic mass is 19.4. The van der Waals surface area contributed by atoms with Crippen LogP contribution in [0.25, 0.3) is 11.1 Å². The van der Waals surface area contributed by atoms with Crippen molar-refractivity contribution >= 4 is 11.6 Å². The summed E-state index contributed by atoms with van der Waals surface area (Å²) >= 11 is 0. The van der Waals surface area contributed by atoms with Crippen LogP contribution in [0.1, 0.15) is 5.56 Å². The van der Waals surface area contributed by atoms with Gasteiger partial charge in [0.05, 0.1) is 12.7 Å². The van der Waals surface area contributed by atoms with Crippen LogP contribution in [0.5, 0.6) is 5.75 Å². The minimum Gasteiger partial charge on any atom is -0.406 e. The summed E-state index contributed by atoms with van der Waals surface area (Å²) in [6.07, 6.45) is -1.02. The molecule has 3 aromatic rings. The lowest BCUT2D eigenvalue weighted by Crippen LogP contribution is -2.22. The Morgan fingerprint density at radius 1 is 1.18 bits per heavy atom. The Kier molecular flexibility index (Phi) is 5.53. The van der Waals surface area contributed by atoms with Crippen molar-refractivity contribution in [3.8, 4) is 16.9 Å². The molecule has 0 saturated heterocycles. The average Bonchev–Trinajstić information content (AvgIpc) is 3.07. The molecule has 0 aliphatic carbocycles. The summed E-state index contributed by atoms with van der Waals surface area (Å²) in [7, 11) is 1.85. The maximum absolute atomic E-state index is 12.2. The highest BCUT2D eigenvalue weighted by Gasteiger charge is 2.30. The van der Waals surface area contributed by atoms with Crippen LogP contribution in [0.4, 0.5) is 18.9 Å². The van der Waals surface area contributed by atoms with E-state index >= 15 is 0 Å². The van der Waals surface area contributed by atoms with Crippen molar-refractivity contribution in [2.45, 2.75) is 12.9 Å². The number of aryl methyl sites for hydroxylation is 1. The predicted molar refractivity (Wildman–Crippen MR) is 101 cm³/mol. The minimum absolute atomic E-state index is 0.149. The van der Waals surface area contributed by atoms with Crippen LogP contribution in [0.2, 0.25) is 0 Å². The van der Waals surface area contributed by atoms with Gasteiger partial charge in [-0.3, -0.25) is 4.68 Å². The van der Waals surface area contributed by atoms with Gasteiger partial charge >= 0.3 is 6.36 Å². The lowest BCUT2D eigenvalue weighted by atomic mass is 10.1. The Balaban J connectivity index is 1.61. The van der Waals surface area contributed by atoms with Gasteiger partial charge in [-0.1, -0.05) is 18.2 Å². The molecule has 0 aliphatic rings. The van der Waals surface area contributed by atoms with Crippen LogP contribution in [0, 0.1) is 0 Å². The number of ether oxygens (including phenoxy) is 1. The van der Waals surface area contributed by atoms with E-state index < -0.39 is 6.36 Å². The number of nitrogens with two attached hydrogens (primary N) is 1. The average molecular weight is 389 g/mol. The van der Waals surface area contributed by atoms with Gasteiger partial charge in [0.2, 0.25) is 0 Å². The summed E-state index contributed by atoms with van der Waals surface area (Å²) in [5, 5.41) is 6.99. The normalized spacial score (nSPS) is 12.1. The van der Waals surface area contributed by atoms with Crippen LogP contribution in [-0.4, -0.2) is 22.1 Å². The largest absolute Gasteiger partial charge is 0.573 e. The van der Waals surface area contributed by atoms with Gasteiger partial charge in [-0.25, -0.2) is 4.99 Å². The molecule has 0 saturated carbocycles. The van der Waals surface area contributed by atoms with Gasteiger partial charge in [0.25, 0.3) is 0 Å². The number of aliphatic imine (C=N–C) groups is 1. The van der Waals surface area contributed by atoms with E-state index in [0.29, 0.717) is 12.2 Å². The Morgan fingerprint density at radius 2 is 1.93 bits per heavy atom. The maximum Gasteiger partial charge on any atom is 0.573 e. The molecule has 9 heteroatoms. The summed E-state index contributed by atoms with van der Waals surface area (Å²) in [5.74, 6) is -0.156. The van der Waals surface area contributed by atoms with Crippen LogP contribution < -0.4 is 15.8 Å². The van der Waals surface area contributed by atoms with E-state index in [1.807, 2.05) is 37.5 Å². The lowest BCUT2D eigenvalue weighted by molar-refractivity contribution is -0.274. The van der Waals surface area contributed by atoms with E-state index in [9.17, 15) is 13.2 Å². The highest BCUT2D eigenvalue weighted by molar-refractivity contribution is 5.92. The van der Waals surface area contributed by atoms with Crippen LogP contribution in [0.15, 0.2) is 65.9 Å². The third-order valence-electron chi connectivity index (χ3n) is 3.76. The minimum atomic E-state index is -4.72. The van der Waals surface area contributed by atoms with Crippen LogP contribution in [0.3, 0.4) is 0 Å². The van der Waals surface area contributed by atoms with E-state index in [1.54, 1.807) is 10.9 Å². The summed E-state index contributed by atoms with van der Waals surface area (Å²) in [5.41, 5.74) is 9.34. The van der Waals surface area contributed by atoms with Crippen molar-refractivity contribution in [1.82, 2.24) is 9.78 Å². The summed E-state index contributed by atoms with van der Waals surface area (Å²) in [6, 6.07) is 13.1. The number of hydrogen-bond donors (Lipinski definition) is 2. The number of benzene rings is 2. The van der Waals surface area contributed by atoms with Gasteiger partial charge in [0.1, 0.15) is 5.75 Å². The summed E-state index contributed by atoms with van der Waals surface area (Å²) < 4.78 is 42.1. The van der Waals surface area contributed by atoms with Crippen molar-refractivity contribution in [3.63, 3.8) is 0 Å². The van der Waals surface area contributed by atoms with Gasteiger partial charge in [0, 0.05) is 24.5 Å². The molecule has 0 unspecified atom stereocenters. The molecule has 28 heavy (non-hydrogen) atoms. The van der Waals surface area contributed by atoms with Crippen molar-refractivity contribution in [2.75, 3.05) is 5.32 Å². The number of nitrogens with zero attached hydrogens (tertiary/aromatic N) is 3. The lowest BCUT2D eigenvalue weighted by Gasteiger charge is -2.10. The summed E-state index contributed by atoms with van der Waals surface area (Å²) in [6.45, 7) is 0.349. The van der Waals surface area contributed by atoms with E-state index in [4.69, 9.17) is 5.73 Å². The fraction of sp³-hybridized carbons (Fsp3) is 0.158. The van der Waals surface area contributed by atoms with E-state index in [0.717, 1.165) is 16.7 Å². The summed E-state index contributed by atoms with van der Waals surface area (Å²) in [4.78, 5) is 4.26. The van der Waals surface area contributed by atoms with Crippen molar-refractivity contribution in [3.05, 3.63) is 66.5 Å². The van der Waals surface area contributed by atoms with Gasteiger partial charge in [0.15, 0.2) is 5.96 Å². The second-order valence-corrected chi connectivity index (χ2v) is 6.00. The first kappa shape index (κ1) is 19.3. The van der Waals surface area contributed by atoms with Gasteiger partial charge < -0.3 is 15.8 Å². The number of rotatable bonds is 5. The molecule has 2 aromatic carbocycles. The fourth-order valence-electron chi connectivity index (χ4n) is 2.52. The molecule has 0 aliphatic heterocycles. The maximum atomic E-state index is 12.2. The first-order valence-corrected chi connectivity index (χ1v) is 8.29. The van der Waals surface area contributed by atoms with Crippen LogP contribution in [-0.2, 0) is 13.6 Å². The number of guanidine groups is 1. The standard InChI is InChI=1S/C19H18F3N5O/c1-27-12-15(11-25-27)14-4-2-3-13(9-14)10-24-18(23)26-16-5-7-17(8-6-16)28-19(20,21)22/h2-9,11-12H,10H2,1H3,(H3,23,24,26). The molecule has 0 radical (unpaired) electrons. The molecule has 3 N–H and O–H groups in total. The van der Waals surface area contributed by atoms with Gasteiger partial charge in [-0.15, -0.1) is 13.2 Å². The topological polar surface area (TPSA) is 77.5 Å². The fourth-order valence-corrected chi connectivity index (χ4v) is 2.52. The number of nitrogens with one attached hydrogen (secondary N) is 1. The van der Waals surface area contributed by atoms with Crippen molar-refractivity contribution in [1.29, 1.82) is 0 Å². The molecule has 0 fully saturated rings. The molecule has 146 valence electrons. The second kappa shape index (κ2) is 8.03. The predicted octanol–water partition coefficient (Wildman–Crippen LogP) is 3.91.